The maximum Gasteiger partial charge on any atom is 0.140 e. The zero-order valence-electron chi connectivity index (χ0n) is 9.25. The first-order valence-corrected chi connectivity index (χ1v) is 5.85. The minimum atomic E-state index is -0.161. The molecule has 88 valence electrons. The van der Waals surface area contributed by atoms with Crippen molar-refractivity contribution in [2.24, 2.45) is 5.16 Å². The number of hydrogen-bond donors (Lipinski definition) is 2. The van der Waals surface area contributed by atoms with Crippen molar-refractivity contribution >= 4 is 33.7 Å². The molecule has 0 fully saturated rings. The maximum absolute atomic E-state index is 9.77. The Morgan fingerprint density at radius 3 is 2.44 bits per heavy atom. The summed E-state index contributed by atoms with van der Waals surface area (Å²) in [6.45, 7) is 6.03. The Morgan fingerprint density at radius 2 is 2.00 bits per heavy atom. The second kappa shape index (κ2) is 4.63. The van der Waals surface area contributed by atoms with Gasteiger partial charge in [0.1, 0.15) is 5.75 Å². The molecule has 0 saturated carbocycles. The topological polar surface area (TPSA) is 52.8 Å². The van der Waals surface area contributed by atoms with Gasteiger partial charge < -0.3 is 10.3 Å². The van der Waals surface area contributed by atoms with E-state index in [4.69, 9.17) is 16.8 Å². The molecular weight excluding hydrogens is 293 g/mol. The van der Waals surface area contributed by atoms with E-state index in [2.05, 4.69) is 21.1 Å². The lowest BCUT2D eigenvalue weighted by atomic mass is 9.86. The van der Waals surface area contributed by atoms with Crippen molar-refractivity contribution in [3.05, 3.63) is 26.7 Å². The molecule has 0 atom stereocenters. The number of phenolic OH excluding ortho intramolecular Hbond substituents is 1. The molecule has 1 aromatic carbocycles. The Kier molecular flexibility index (Phi) is 3.86. The number of oxime groups is 1. The van der Waals surface area contributed by atoms with Gasteiger partial charge in [0.15, 0.2) is 0 Å². The molecule has 2 N–H and O–H groups in total. The predicted octanol–water partition coefficient (Wildman–Crippen LogP) is 3.91. The number of phenols is 1. The number of aromatic hydroxyl groups is 1. The van der Waals surface area contributed by atoms with Crippen LogP contribution in [0.2, 0.25) is 5.02 Å². The van der Waals surface area contributed by atoms with Gasteiger partial charge in [-0.1, -0.05) is 37.5 Å². The lowest BCUT2D eigenvalue weighted by molar-refractivity contribution is 0.321. The molecule has 0 radical (unpaired) electrons. The van der Waals surface area contributed by atoms with Crippen LogP contribution < -0.4 is 0 Å². The van der Waals surface area contributed by atoms with Crippen LogP contribution in [-0.4, -0.2) is 16.5 Å². The first-order valence-electron chi connectivity index (χ1n) is 4.68. The zero-order chi connectivity index (χ0) is 12.5. The van der Waals surface area contributed by atoms with Crippen LogP contribution in [0.25, 0.3) is 0 Å². The van der Waals surface area contributed by atoms with Crippen molar-refractivity contribution in [3.8, 4) is 5.75 Å². The van der Waals surface area contributed by atoms with E-state index in [9.17, 15) is 5.11 Å². The van der Waals surface area contributed by atoms with Gasteiger partial charge in [0.2, 0.25) is 0 Å². The van der Waals surface area contributed by atoms with Gasteiger partial charge in [-0.05, 0) is 33.0 Å². The molecular formula is C11H13BrClNO2. The molecule has 0 bridgehead atoms. The minimum absolute atomic E-state index is 0.0317. The Balaban J connectivity index is 3.54. The third-order valence-electron chi connectivity index (χ3n) is 2.22. The molecule has 0 unspecified atom stereocenters. The van der Waals surface area contributed by atoms with E-state index < -0.39 is 0 Å². The fourth-order valence-electron chi connectivity index (χ4n) is 1.34. The van der Waals surface area contributed by atoms with Crippen molar-refractivity contribution in [1.29, 1.82) is 0 Å². The number of benzene rings is 1. The molecule has 0 aliphatic rings. The zero-order valence-corrected chi connectivity index (χ0v) is 11.6. The third-order valence-corrected chi connectivity index (χ3v) is 3.61. The van der Waals surface area contributed by atoms with Crippen LogP contribution in [0.4, 0.5) is 0 Å². The average molecular weight is 307 g/mol. The van der Waals surface area contributed by atoms with E-state index in [1.807, 2.05) is 20.8 Å². The van der Waals surface area contributed by atoms with E-state index in [0.29, 0.717) is 15.1 Å². The Bertz CT molecular complexity index is 439. The van der Waals surface area contributed by atoms with Gasteiger partial charge in [-0.2, -0.15) is 0 Å². The highest BCUT2D eigenvalue weighted by Crippen LogP contribution is 2.41. The molecule has 3 nitrogen and oxygen atoms in total. The highest BCUT2D eigenvalue weighted by Gasteiger charge is 2.22. The average Bonchev–Trinajstić information content (AvgIpc) is 2.17. The Hall–Kier alpha value is -0.740. The molecule has 1 aromatic rings. The van der Waals surface area contributed by atoms with Gasteiger partial charge in [-0.15, -0.1) is 0 Å². The number of nitrogens with zero attached hydrogens (tertiary/aromatic N) is 1. The summed E-state index contributed by atoms with van der Waals surface area (Å²) < 4.78 is 0.413. The van der Waals surface area contributed by atoms with Crippen LogP contribution in [0.3, 0.4) is 0 Å². The standard InChI is InChI=1S/C11H13BrClNO2/c1-11(2,3)7-4-6(5-14-16)10(15)8(12)9(7)13/h4-5,15-16H,1-3H3. The van der Waals surface area contributed by atoms with Gasteiger partial charge >= 0.3 is 0 Å². The van der Waals surface area contributed by atoms with E-state index in [1.165, 1.54) is 6.21 Å². The van der Waals surface area contributed by atoms with E-state index in [-0.39, 0.29) is 11.2 Å². The molecule has 0 saturated heterocycles. The van der Waals surface area contributed by atoms with Crippen molar-refractivity contribution in [2.45, 2.75) is 26.2 Å². The SMILES string of the molecule is CC(C)(C)c1cc(C=NO)c(O)c(Br)c1Cl. The number of halogens is 2. The van der Waals surface area contributed by atoms with Crippen LogP contribution in [-0.2, 0) is 5.41 Å². The minimum Gasteiger partial charge on any atom is -0.506 e. The summed E-state index contributed by atoms with van der Waals surface area (Å²) in [5.41, 5.74) is 1.13. The van der Waals surface area contributed by atoms with Crippen molar-refractivity contribution in [2.75, 3.05) is 0 Å². The Morgan fingerprint density at radius 1 is 1.44 bits per heavy atom. The summed E-state index contributed by atoms with van der Waals surface area (Å²) in [5, 5.41) is 21.7. The highest BCUT2D eigenvalue weighted by molar-refractivity contribution is 9.10. The van der Waals surface area contributed by atoms with Crippen LogP contribution in [0.5, 0.6) is 5.75 Å². The fourth-order valence-corrected chi connectivity index (χ4v) is 2.21. The summed E-state index contributed by atoms with van der Waals surface area (Å²) in [5.74, 6) is -0.0317. The van der Waals surface area contributed by atoms with Gasteiger partial charge in [0, 0.05) is 5.56 Å². The third kappa shape index (κ3) is 2.50. The number of rotatable bonds is 1. The molecule has 0 aliphatic carbocycles. The summed E-state index contributed by atoms with van der Waals surface area (Å²) in [7, 11) is 0. The van der Waals surface area contributed by atoms with E-state index in [0.717, 1.165) is 5.56 Å². The fraction of sp³-hybridized carbons (Fsp3) is 0.364. The van der Waals surface area contributed by atoms with Crippen molar-refractivity contribution < 1.29 is 10.3 Å². The van der Waals surface area contributed by atoms with E-state index in [1.54, 1.807) is 6.07 Å². The highest BCUT2D eigenvalue weighted by atomic mass is 79.9. The second-order valence-corrected chi connectivity index (χ2v) is 5.66. The van der Waals surface area contributed by atoms with Gasteiger partial charge in [-0.3, -0.25) is 0 Å². The first kappa shape index (κ1) is 13.3. The summed E-state index contributed by atoms with van der Waals surface area (Å²) in [4.78, 5) is 0. The molecule has 16 heavy (non-hydrogen) atoms. The molecule has 0 amide bonds. The number of hydrogen-bond acceptors (Lipinski definition) is 3. The Labute approximate surface area is 108 Å². The summed E-state index contributed by atoms with van der Waals surface area (Å²) in [6.07, 6.45) is 1.17. The van der Waals surface area contributed by atoms with Crippen LogP contribution >= 0.6 is 27.5 Å². The smallest absolute Gasteiger partial charge is 0.140 e. The lowest BCUT2D eigenvalue weighted by Gasteiger charge is -2.22. The molecule has 0 spiro atoms. The molecule has 0 aromatic heterocycles. The molecule has 1 rings (SSSR count). The van der Waals surface area contributed by atoms with Gasteiger partial charge in [0.25, 0.3) is 0 Å². The first-order chi connectivity index (χ1) is 7.29. The largest absolute Gasteiger partial charge is 0.506 e. The quantitative estimate of drug-likeness (QED) is 0.469. The second-order valence-electron chi connectivity index (χ2n) is 4.48. The van der Waals surface area contributed by atoms with Crippen molar-refractivity contribution in [3.63, 3.8) is 0 Å². The van der Waals surface area contributed by atoms with Crippen molar-refractivity contribution in [1.82, 2.24) is 0 Å². The normalized spacial score (nSPS) is 12.3. The van der Waals surface area contributed by atoms with Gasteiger partial charge in [-0.25, -0.2) is 0 Å². The van der Waals surface area contributed by atoms with Crippen LogP contribution in [0.1, 0.15) is 31.9 Å². The maximum atomic E-state index is 9.77. The lowest BCUT2D eigenvalue weighted by Crippen LogP contribution is -2.12. The summed E-state index contributed by atoms with van der Waals surface area (Å²) >= 11 is 9.36. The van der Waals surface area contributed by atoms with Gasteiger partial charge in [0.05, 0.1) is 15.7 Å². The monoisotopic (exact) mass is 305 g/mol. The predicted molar refractivity (Wildman–Crippen MR) is 68.9 cm³/mol. The molecule has 5 heteroatoms. The summed E-state index contributed by atoms with van der Waals surface area (Å²) in [6, 6.07) is 1.71. The van der Waals surface area contributed by atoms with Crippen LogP contribution in [0.15, 0.2) is 15.7 Å². The molecule has 0 heterocycles. The van der Waals surface area contributed by atoms with E-state index >= 15 is 0 Å². The molecule has 0 aliphatic heterocycles. The van der Waals surface area contributed by atoms with Crippen LogP contribution in [0, 0.1) is 0 Å².